The fourth-order valence-corrected chi connectivity index (χ4v) is 4.16. The van der Waals surface area contributed by atoms with E-state index >= 15 is 0 Å². The van der Waals surface area contributed by atoms with Crippen LogP contribution < -0.4 is 10.6 Å². The van der Waals surface area contributed by atoms with Crippen molar-refractivity contribution in [2.45, 2.75) is 17.1 Å². The Hall–Kier alpha value is -3.55. The van der Waals surface area contributed by atoms with Gasteiger partial charge in [-0.05, 0) is 48.4 Å². The van der Waals surface area contributed by atoms with Crippen molar-refractivity contribution in [3.63, 3.8) is 0 Å². The first kappa shape index (κ1) is 24.1. The van der Waals surface area contributed by atoms with Gasteiger partial charge in [0, 0.05) is 33.4 Å². The second kappa shape index (κ2) is 11.4. The van der Waals surface area contributed by atoms with Crippen molar-refractivity contribution in [2.75, 3.05) is 10.6 Å². The summed E-state index contributed by atoms with van der Waals surface area (Å²) in [6.07, 6.45) is 1.70. The number of aryl methyl sites for hydroxylation is 1. The van der Waals surface area contributed by atoms with Gasteiger partial charge in [0.1, 0.15) is 5.25 Å². The monoisotopic (exact) mass is 480 g/mol. The number of benzene rings is 3. The zero-order valence-electron chi connectivity index (χ0n) is 17.6. The second-order valence-corrected chi connectivity index (χ2v) is 8.64. The number of hydrogen-bond acceptors (Lipinski definition) is 4. The minimum absolute atomic E-state index is 0.218. The summed E-state index contributed by atoms with van der Waals surface area (Å²) in [4.78, 5) is 36.4. The summed E-state index contributed by atoms with van der Waals surface area (Å²) in [5.74, 6) is -1.99. The highest BCUT2D eigenvalue weighted by molar-refractivity contribution is 8.00. The Morgan fingerprint density at radius 3 is 2.33 bits per heavy atom. The van der Waals surface area contributed by atoms with Crippen molar-refractivity contribution in [3.8, 4) is 0 Å². The third-order valence-electron chi connectivity index (χ3n) is 4.51. The number of carbonyl (C=O) groups is 3. The van der Waals surface area contributed by atoms with Gasteiger partial charge in [0.05, 0.1) is 0 Å². The molecule has 1 unspecified atom stereocenters. The van der Waals surface area contributed by atoms with Crippen LogP contribution >= 0.6 is 23.4 Å². The Labute approximate surface area is 200 Å². The molecule has 1 atom stereocenters. The lowest BCUT2D eigenvalue weighted by Crippen LogP contribution is -2.19. The van der Waals surface area contributed by atoms with E-state index in [1.165, 1.54) is 11.8 Å². The van der Waals surface area contributed by atoms with Crippen LogP contribution in [-0.4, -0.2) is 22.9 Å². The molecule has 0 spiro atoms. The van der Waals surface area contributed by atoms with E-state index in [2.05, 4.69) is 10.6 Å². The molecule has 0 heterocycles. The summed E-state index contributed by atoms with van der Waals surface area (Å²) in [6.45, 7) is 1.89. The molecule has 0 aliphatic carbocycles. The van der Waals surface area contributed by atoms with E-state index in [1.807, 2.05) is 49.4 Å². The first-order valence-electron chi connectivity index (χ1n) is 9.92. The number of thioether (sulfide) groups is 1. The molecule has 0 aliphatic rings. The number of carbonyl (C=O) groups excluding carboxylic acids is 2. The van der Waals surface area contributed by atoms with Crippen LogP contribution in [0.4, 0.5) is 11.4 Å². The predicted octanol–water partition coefficient (Wildman–Crippen LogP) is 5.70. The quantitative estimate of drug-likeness (QED) is 0.284. The highest BCUT2D eigenvalue weighted by Gasteiger charge is 2.22. The highest BCUT2D eigenvalue weighted by atomic mass is 35.5. The molecule has 33 heavy (non-hydrogen) atoms. The zero-order valence-corrected chi connectivity index (χ0v) is 19.2. The van der Waals surface area contributed by atoms with Gasteiger partial charge in [0.2, 0.25) is 11.8 Å². The minimum atomic E-state index is -1.21. The molecule has 2 amide bonds. The second-order valence-electron chi connectivity index (χ2n) is 7.05. The first-order chi connectivity index (χ1) is 15.8. The molecule has 0 bridgehead atoms. The fourth-order valence-electron chi connectivity index (χ4n) is 2.89. The summed E-state index contributed by atoms with van der Waals surface area (Å²) < 4.78 is 0. The topological polar surface area (TPSA) is 95.5 Å². The van der Waals surface area contributed by atoms with Gasteiger partial charge < -0.3 is 15.7 Å². The van der Waals surface area contributed by atoms with E-state index in [4.69, 9.17) is 16.7 Å². The smallest absolute Gasteiger partial charge is 0.328 e. The number of anilines is 2. The SMILES string of the molecule is Cc1ccc(NC(=O)C(Sc2cccc(NC(=O)/C=C/C(=O)O)c2)c2ccccc2)cc1Cl. The van der Waals surface area contributed by atoms with Crippen LogP contribution in [0.5, 0.6) is 0 Å². The van der Waals surface area contributed by atoms with E-state index in [1.54, 1.807) is 30.3 Å². The maximum absolute atomic E-state index is 13.2. The van der Waals surface area contributed by atoms with Crippen molar-refractivity contribution in [3.05, 3.63) is 101 Å². The van der Waals surface area contributed by atoms with Crippen LogP contribution in [-0.2, 0) is 14.4 Å². The number of carboxylic acid groups (broad SMARTS) is 1. The van der Waals surface area contributed by atoms with E-state index in [9.17, 15) is 14.4 Å². The van der Waals surface area contributed by atoms with Gasteiger partial charge >= 0.3 is 5.97 Å². The number of halogens is 1. The van der Waals surface area contributed by atoms with Crippen LogP contribution in [0.25, 0.3) is 0 Å². The van der Waals surface area contributed by atoms with Gasteiger partial charge in [-0.2, -0.15) is 0 Å². The van der Waals surface area contributed by atoms with Crippen LogP contribution in [0.2, 0.25) is 5.02 Å². The highest BCUT2D eigenvalue weighted by Crippen LogP contribution is 2.37. The molecule has 3 aromatic carbocycles. The zero-order chi connectivity index (χ0) is 23.8. The number of nitrogens with one attached hydrogen (secondary N) is 2. The molecule has 0 aromatic heterocycles. The standard InChI is InChI=1S/C25H21ClN2O4S/c1-16-10-11-19(15-21(16)26)28-25(32)24(17-6-3-2-4-7-17)33-20-9-5-8-18(14-20)27-22(29)12-13-23(30)31/h2-15,24H,1H3,(H,27,29)(H,28,32)(H,30,31)/b13-12+. The van der Waals surface area contributed by atoms with Gasteiger partial charge in [-0.1, -0.05) is 54.1 Å². The fraction of sp³-hybridized carbons (Fsp3) is 0.0800. The average Bonchev–Trinajstić information content (AvgIpc) is 2.79. The number of carboxylic acids is 1. The van der Waals surface area contributed by atoms with Crippen molar-refractivity contribution < 1.29 is 19.5 Å². The Balaban J connectivity index is 1.81. The molecule has 0 saturated heterocycles. The third-order valence-corrected chi connectivity index (χ3v) is 6.17. The molecular weight excluding hydrogens is 460 g/mol. The lowest BCUT2D eigenvalue weighted by atomic mass is 10.1. The van der Waals surface area contributed by atoms with Crippen molar-refractivity contribution >= 4 is 52.5 Å². The summed E-state index contributed by atoms with van der Waals surface area (Å²) >= 11 is 7.52. The molecule has 6 nitrogen and oxygen atoms in total. The maximum Gasteiger partial charge on any atom is 0.328 e. The normalized spacial score (nSPS) is 11.7. The molecule has 3 rings (SSSR count). The van der Waals surface area contributed by atoms with Crippen LogP contribution in [0, 0.1) is 6.92 Å². The first-order valence-corrected chi connectivity index (χ1v) is 11.2. The molecule has 3 aromatic rings. The Morgan fingerprint density at radius 2 is 1.64 bits per heavy atom. The lowest BCUT2D eigenvalue weighted by molar-refractivity contribution is -0.131. The third kappa shape index (κ3) is 7.24. The average molecular weight is 481 g/mol. The Morgan fingerprint density at radius 1 is 0.909 bits per heavy atom. The maximum atomic E-state index is 13.2. The lowest BCUT2D eigenvalue weighted by Gasteiger charge is -2.18. The summed E-state index contributed by atoms with van der Waals surface area (Å²) in [6, 6.07) is 21.7. The summed E-state index contributed by atoms with van der Waals surface area (Å²) in [5.41, 5.74) is 2.82. The van der Waals surface area contributed by atoms with Crippen LogP contribution in [0.3, 0.4) is 0 Å². The van der Waals surface area contributed by atoms with Gasteiger partial charge in [0.15, 0.2) is 0 Å². The molecule has 8 heteroatoms. The van der Waals surface area contributed by atoms with Gasteiger partial charge in [-0.25, -0.2) is 4.79 Å². The molecule has 3 N–H and O–H groups in total. The van der Waals surface area contributed by atoms with Crippen molar-refractivity contribution in [2.24, 2.45) is 0 Å². The predicted molar refractivity (Wildman–Crippen MR) is 132 cm³/mol. The largest absolute Gasteiger partial charge is 0.478 e. The molecule has 0 fully saturated rings. The van der Waals surface area contributed by atoms with Gasteiger partial charge in [-0.15, -0.1) is 11.8 Å². The minimum Gasteiger partial charge on any atom is -0.478 e. The Kier molecular flexibility index (Phi) is 8.29. The van der Waals surface area contributed by atoms with Crippen molar-refractivity contribution in [1.29, 1.82) is 0 Å². The number of rotatable bonds is 8. The summed E-state index contributed by atoms with van der Waals surface area (Å²) in [5, 5.41) is 14.2. The van der Waals surface area contributed by atoms with Crippen LogP contribution in [0.1, 0.15) is 16.4 Å². The molecule has 0 radical (unpaired) electrons. The molecule has 0 aliphatic heterocycles. The van der Waals surface area contributed by atoms with Crippen molar-refractivity contribution in [1.82, 2.24) is 0 Å². The van der Waals surface area contributed by atoms with E-state index < -0.39 is 17.1 Å². The molecular formula is C25H21ClN2O4S. The summed E-state index contributed by atoms with van der Waals surface area (Å²) in [7, 11) is 0. The van der Waals surface area contributed by atoms with Gasteiger partial charge in [-0.3, -0.25) is 9.59 Å². The molecule has 168 valence electrons. The van der Waals surface area contributed by atoms with Crippen LogP contribution in [0.15, 0.2) is 89.8 Å². The van der Waals surface area contributed by atoms with E-state index in [0.29, 0.717) is 16.4 Å². The number of amides is 2. The van der Waals surface area contributed by atoms with E-state index in [0.717, 1.165) is 28.2 Å². The van der Waals surface area contributed by atoms with Gasteiger partial charge in [0.25, 0.3) is 0 Å². The number of aliphatic carboxylic acids is 1. The Bertz CT molecular complexity index is 1200. The number of hydrogen-bond donors (Lipinski definition) is 3. The molecule has 0 saturated carbocycles. The van der Waals surface area contributed by atoms with E-state index in [-0.39, 0.29) is 5.91 Å².